The quantitative estimate of drug-likeness (QED) is 0.686. The van der Waals surface area contributed by atoms with Crippen molar-refractivity contribution < 1.29 is 13.2 Å². The molecule has 0 aromatic heterocycles. The molecule has 2 rings (SSSR count). The van der Waals surface area contributed by atoms with Gasteiger partial charge in [0.2, 0.25) is 15.9 Å². The van der Waals surface area contributed by atoms with Crippen molar-refractivity contribution >= 4 is 21.6 Å². The Hall–Kier alpha value is -1.60. The van der Waals surface area contributed by atoms with Gasteiger partial charge in [-0.05, 0) is 49.9 Å². The van der Waals surface area contributed by atoms with Crippen molar-refractivity contribution in [2.45, 2.75) is 37.6 Å². The van der Waals surface area contributed by atoms with Crippen LogP contribution in [-0.2, 0) is 14.8 Å². The monoisotopic (exact) mass is 297 g/mol. The Kier molecular flexibility index (Phi) is 4.01. The van der Waals surface area contributed by atoms with Crippen molar-refractivity contribution in [2.75, 3.05) is 12.3 Å². The van der Waals surface area contributed by atoms with Crippen LogP contribution in [0.25, 0.3) is 0 Å². The summed E-state index contributed by atoms with van der Waals surface area (Å²) in [5.74, 6) is -0.311. The van der Waals surface area contributed by atoms with Gasteiger partial charge >= 0.3 is 0 Å². The average molecular weight is 297 g/mol. The topological polar surface area (TPSA) is 101 Å². The molecular weight excluding hydrogens is 278 g/mol. The molecule has 0 atom stereocenters. The molecule has 1 aromatic carbocycles. The van der Waals surface area contributed by atoms with E-state index in [0.717, 1.165) is 18.4 Å². The molecule has 7 heteroatoms. The fraction of sp³-hybridized carbons (Fsp3) is 0.462. The second kappa shape index (κ2) is 5.41. The number of nitrogens with two attached hydrogens (primary N) is 1. The van der Waals surface area contributed by atoms with E-state index in [2.05, 4.69) is 10.0 Å². The van der Waals surface area contributed by atoms with Gasteiger partial charge in [-0.1, -0.05) is 0 Å². The summed E-state index contributed by atoms with van der Waals surface area (Å²) >= 11 is 0. The Balaban J connectivity index is 2.11. The molecule has 20 heavy (non-hydrogen) atoms. The molecule has 0 heterocycles. The Labute approximate surface area is 118 Å². The van der Waals surface area contributed by atoms with E-state index in [-0.39, 0.29) is 23.4 Å². The third-order valence-electron chi connectivity index (χ3n) is 3.20. The molecule has 1 fully saturated rings. The minimum Gasteiger partial charge on any atom is -0.398 e. The molecular formula is C13H19N3O3S. The Morgan fingerprint density at radius 1 is 1.35 bits per heavy atom. The molecule has 1 aliphatic rings. The second-order valence-corrected chi connectivity index (χ2v) is 6.88. The van der Waals surface area contributed by atoms with Crippen LogP contribution in [0.1, 0.15) is 24.0 Å². The van der Waals surface area contributed by atoms with Gasteiger partial charge in [0.25, 0.3) is 0 Å². The maximum Gasteiger partial charge on any atom is 0.241 e. The number of rotatable bonds is 5. The average Bonchev–Trinajstić information content (AvgIpc) is 3.15. The summed E-state index contributed by atoms with van der Waals surface area (Å²) in [6.45, 7) is 3.16. The zero-order valence-corrected chi connectivity index (χ0v) is 12.4. The molecule has 6 nitrogen and oxygen atoms in total. The highest BCUT2D eigenvalue weighted by Crippen LogP contribution is 2.22. The zero-order valence-electron chi connectivity index (χ0n) is 11.6. The highest BCUT2D eigenvalue weighted by atomic mass is 32.2. The highest BCUT2D eigenvalue weighted by molar-refractivity contribution is 7.89. The summed E-state index contributed by atoms with van der Waals surface area (Å²) in [6, 6.07) is 3.48. The number of benzene rings is 1. The van der Waals surface area contributed by atoms with Gasteiger partial charge in [-0.2, -0.15) is 0 Å². The number of anilines is 1. The van der Waals surface area contributed by atoms with Crippen molar-refractivity contribution in [1.29, 1.82) is 0 Å². The lowest BCUT2D eigenvalue weighted by molar-refractivity contribution is -0.120. The molecule has 1 amide bonds. The van der Waals surface area contributed by atoms with E-state index >= 15 is 0 Å². The molecule has 0 radical (unpaired) electrons. The van der Waals surface area contributed by atoms with E-state index < -0.39 is 10.0 Å². The number of hydrogen-bond acceptors (Lipinski definition) is 4. The van der Waals surface area contributed by atoms with Crippen LogP contribution in [0.3, 0.4) is 0 Å². The predicted molar refractivity (Wildman–Crippen MR) is 76.7 cm³/mol. The normalized spacial score (nSPS) is 15.1. The van der Waals surface area contributed by atoms with Gasteiger partial charge in [0.05, 0.1) is 11.4 Å². The molecule has 1 aliphatic carbocycles. The van der Waals surface area contributed by atoms with E-state index in [9.17, 15) is 13.2 Å². The Morgan fingerprint density at radius 2 is 2.00 bits per heavy atom. The van der Waals surface area contributed by atoms with Gasteiger partial charge in [0.1, 0.15) is 0 Å². The van der Waals surface area contributed by atoms with Crippen LogP contribution < -0.4 is 15.8 Å². The van der Waals surface area contributed by atoms with Crippen molar-refractivity contribution in [3.05, 3.63) is 23.3 Å². The Bertz CT molecular complexity index is 637. The van der Waals surface area contributed by atoms with E-state index in [0.29, 0.717) is 11.3 Å². The minimum atomic E-state index is -3.74. The molecule has 0 saturated heterocycles. The van der Waals surface area contributed by atoms with Crippen molar-refractivity contribution in [2.24, 2.45) is 0 Å². The summed E-state index contributed by atoms with van der Waals surface area (Å²) < 4.78 is 26.7. The van der Waals surface area contributed by atoms with Gasteiger partial charge in [-0.3, -0.25) is 4.79 Å². The largest absolute Gasteiger partial charge is 0.398 e. The van der Waals surface area contributed by atoms with Crippen LogP contribution in [-0.4, -0.2) is 26.9 Å². The number of carbonyl (C=O) groups excluding carboxylic acids is 1. The first-order valence-electron chi connectivity index (χ1n) is 6.45. The van der Waals surface area contributed by atoms with Crippen LogP contribution in [0.4, 0.5) is 5.69 Å². The fourth-order valence-corrected chi connectivity index (χ4v) is 3.21. The van der Waals surface area contributed by atoms with Gasteiger partial charge in [0, 0.05) is 11.7 Å². The van der Waals surface area contributed by atoms with E-state index in [4.69, 9.17) is 5.73 Å². The highest BCUT2D eigenvalue weighted by Gasteiger charge is 2.24. The van der Waals surface area contributed by atoms with E-state index in [1.54, 1.807) is 26.0 Å². The summed E-state index contributed by atoms with van der Waals surface area (Å²) in [4.78, 5) is 11.6. The van der Waals surface area contributed by atoms with E-state index in [1.807, 2.05) is 0 Å². The third kappa shape index (κ3) is 3.49. The smallest absolute Gasteiger partial charge is 0.241 e. The number of hydrogen-bond donors (Lipinski definition) is 3. The summed E-state index contributed by atoms with van der Waals surface area (Å²) in [6.07, 6.45) is 1.93. The number of sulfonamides is 1. The molecule has 0 bridgehead atoms. The third-order valence-corrected chi connectivity index (χ3v) is 4.73. The molecule has 1 saturated carbocycles. The summed E-state index contributed by atoms with van der Waals surface area (Å²) in [5, 5.41) is 2.72. The predicted octanol–water partition coefficient (Wildman–Crippen LogP) is 0.443. The first-order chi connectivity index (χ1) is 9.29. The van der Waals surface area contributed by atoms with Crippen LogP contribution >= 0.6 is 0 Å². The van der Waals surface area contributed by atoms with Crippen LogP contribution in [0.15, 0.2) is 17.0 Å². The Morgan fingerprint density at radius 3 is 2.60 bits per heavy atom. The first kappa shape index (κ1) is 14.8. The molecule has 0 aliphatic heterocycles. The summed E-state index contributed by atoms with van der Waals surface area (Å²) in [7, 11) is -3.74. The molecule has 0 unspecified atom stereocenters. The van der Waals surface area contributed by atoms with Gasteiger partial charge in [-0.25, -0.2) is 13.1 Å². The molecule has 110 valence electrons. The maximum absolute atomic E-state index is 12.2. The number of nitrogens with one attached hydrogen (secondary N) is 2. The second-order valence-electron chi connectivity index (χ2n) is 5.14. The molecule has 4 N–H and O–H groups in total. The van der Waals surface area contributed by atoms with Crippen LogP contribution in [0.5, 0.6) is 0 Å². The minimum absolute atomic E-state index is 0.120. The molecule has 0 spiro atoms. The van der Waals surface area contributed by atoms with Crippen LogP contribution in [0, 0.1) is 13.8 Å². The standard InChI is InChI=1S/C13H19N3O3S/c1-8-5-11(14)9(2)12(6-8)20(18,19)15-7-13(17)16-10-3-4-10/h5-6,10,15H,3-4,7,14H2,1-2H3,(H,16,17). The fourth-order valence-electron chi connectivity index (χ4n) is 1.88. The summed E-state index contributed by atoms with van der Waals surface area (Å²) in [5.41, 5.74) is 7.45. The molecule has 1 aromatic rings. The lowest BCUT2D eigenvalue weighted by Gasteiger charge is -2.12. The van der Waals surface area contributed by atoms with Gasteiger partial charge < -0.3 is 11.1 Å². The van der Waals surface area contributed by atoms with Crippen molar-refractivity contribution in [3.8, 4) is 0 Å². The zero-order chi connectivity index (χ0) is 14.9. The number of nitrogen functional groups attached to an aromatic ring is 1. The SMILES string of the molecule is Cc1cc(N)c(C)c(S(=O)(=O)NCC(=O)NC2CC2)c1. The van der Waals surface area contributed by atoms with Crippen molar-refractivity contribution in [1.82, 2.24) is 10.0 Å². The van der Waals surface area contributed by atoms with Crippen molar-refractivity contribution in [3.63, 3.8) is 0 Å². The number of aryl methyl sites for hydroxylation is 1. The maximum atomic E-state index is 12.2. The lowest BCUT2D eigenvalue weighted by Crippen LogP contribution is -2.38. The first-order valence-corrected chi connectivity index (χ1v) is 7.93. The lowest BCUT2D eigenvalue weighted by atomic mass is 10.1. The van der Waals surface area contributed by atoms with Gasteiger partial charge in [0.15, 0.2) is 0 Å². The van der Waals surface area contributed by atoms with E-state index in [1.165, 1.54) is 0 Å². The number of amides is 1. The van der Waals surface area contributed by atoms with Crippen LogP contribution in [0.2, 0.25) is 0 Å². The number of carbonyl (C=O) groups is 1. The van der Waals surface area contributed by atoms with Gasteiger partial charge in [-0.15, -0.1) is 0 Å².